The summed E-state index contributed by atoms with van der Waals surface area (Å²) in [6.45, 7) is 0. The fraction of sp³-hybridized carbons (Fsp3) is 0. The average molecular weight is 915 g/mol. The maximum absolute atomic E-state index is 2.37. The van der Waals surface area contributed by atoms with Crippen LogP contribution >= 0.6 is 0 Å². The molecule has 1 heterocycles. The molecule has 0 aliphatic rings. The molecular weight excluding hydrogens is 869 g/mol. The highest BCUT2D eigenvalue weighted by molar-refractivity contribution is 6.25. The topological polar surface area (TPSA) is 8.17 Å². The molecule has 0 radical (unpaired) electrons. The summed E-state index contributed by atoms with van der Waals surface area (Å²) in [7, 11) is 0. The van der Waals surface area contributed by atoms with E-state index in [0.29, 0.717) is 0 Å². The summed E-state index contributed by atoms with van der Waals surface area (Å²) in [5.41, 5.74) is 16.4. The number of hydrogen-bond acceptors (Lipinski definition) is 1. The predicted molar refractivity (Wildman–Crippen MR) is 307 cm³/mol. The minimum Gasteiger partial charge on any atom is -0.311 e. The van der Waals surface area contributed by atoms with Gasteiger partial charge in [0.1, 0.15) is 0 Å². The second kappa shape index (κ2) is 17.2. The average Bonchev–Trinajstić information content (AvgIpc) is 3.80. The predicted octanol–water partition coefficient (Wildman–Crippen LogP) is 19.5. The van der Waals surface area contributed by atoms with E-state index < -0.39 is 0 Å². The molecule has 1 aromatic heterocycles. The monoisotopic (exact) mass is 914 g/mol. The first kappa shape index (κ1) is 41.5. The van der Waals surface area contributed by atoms with Crippen LogP contribution < -0.4 is 4.90 Å². The summed E-state index contributed by atoms with van der Waals surface area (Å²) >= 11 is 0. The molecule has 13 aromatic carbocycles. The van der Waals surface area contributed by atoms with E-state index in [0.717, 1.165) is 22.7 Å². The molecule has 14 aromatic rings. The summed E-state index contributed by atoms with van der Waals surface area (Å²) in [5, 5.41) is 12.8. The second-order valence-corrected chi connectivity index (χ2v) is 18.8. The summed E-state index contributed by atoms with van der Waals surface area (Å²) in [4.78, 5) is 2.37. The third kappa shape index (κ3) is 7.03. The van der Waals surface area contributed by atoms with Gasteiger partial charge < -0.3 is 9.47 Å². The van der Waals surface area contributed by atoms with Crippen LogP contribution in [0.1, 0.15) is 0 Å². The first-order valence-electron chi connectivity index (χ1n) is 24.8. The number of anilines is 3. The minimum atomic E-state index is 1.09. The lowest BCUT2D eigenvalue weighted by molar-refractivity contribution is 1.18. The van der Waals surface area contributed by atoms with Gasteiger partial charge in [-0.05, 0) is 154 Å². The van der Waals surface area contributed by atoms with Gasteiger partial charge in [0, 0.05) is 33.5 Å². The molecule has 0 fully saturated rings. The zero-order chi connectivity index (χ0) is 47.5. The van der Waals surface area contributed by atoms with Crippen molar-refractivity contribution >= 4 is 82.0 Å². The largest absolute Gasteiger partial charge is 0.311 e. The van der Waals surface area contributed by atoms with Gasteiger partial charge in [0.25, 0.3) is 0 Å². The Kier molecular flexibility index (Phi) is 9.89. The van der Waals surface area contributed by atoms with E-state index in [1.807, 2.05) is 0 Å². The van der Waals surface area contributed by atoms with Crippen LogP contribution in [-0.4, -0.2) is 4.57 Å². The molecule has 0 unspecified atom stereocenters. The Morgan fingerprint density at radius 2 is 0.569 bits per heavy atom. The van der Waals surface area contributed by atoms with Crippen molar-refractivity contribution in [1.82, 2.24) is 4.57 Å². The fourth-order valence-electron chi connectivity index (χ4n) is 11.3. The van der Waals surface area contributed by atoms with Crippen molar-refractivity contribution < 1.29 is 0 Å². The number of benzene rings is 13. The van der Waals surface area contributed by atoms with Gasteiger partial charge in [-0.1, -0.05) is 212 Å². The third-order valence-corrected chi connectivity index (χ3v) is 14.8. The maximum Gasteiger partial charge on any atom is 0.0541 e. The normalized spacial score (nSPS) is 11.6. The molecule has 72 heavy (non-hydrogen) atoms. The van der Waals surface area contributed by atoms with Crippen LogP contribution in [0.3, 0.4) is 0 Å². The van der Waals surface area contributed by atoms with Crippen molar-refractivity contribution in [3.8, 4) is 50.2 Å². The Morgan fingerprint density at radius 1 is 0.222 bits per heavy atom. The number of fused-ring (bicyclic) bond motifs is 10. The molecule has 0 saturated heterocycles. The number of nitrogens with zero attached hydrogens (tertiary/aromatic N) is 2. The lowest BCUT2D eigenvalue weighted by atomic mass is 9.92. The van der Waals surface area contributed by atoms with E-state index in [9.17, 15) is 0 Å². The number of rotatable bonds is 8. The van der Waals surface area contributed by atoms with Gasteiger partial charge in [0.05, 0.1) is 11.0 Å². The molecule has 336 valence electrons. The van der Waals surface area contributed by atoms with Crippen LogP contribution in [0.15, 0.2) is 279 Å². The molecule has 0 aliphatic heterocycles. The Hall–Kier alpha value is -9.50. The smallest absolute Gasteiger partial charge is 0.0541 e. The van der Waals surface area contributed by atoms with Crippen molar-refractivity contribution in [1.29, 1.82) is 0 Å². The van der Waals surface area contributed by atoms with E-state index >= 15 is 0 Å². The Morgan fingerprint density at radius 3 is 1.08 bits per heavy atom. The first-order chi connectivity index (χ1) is 35.7. The number of aromatic nitrogens is 1. The van der Waals surface area contributed by atoms with E-state index in [1.54, 1.807) is 0 Å². The van der Waals surface area contributed by atoms with Crippen LogP contribution in [0.5, 0.6) is 0 Å². The summed E-state index contributed by atoms with van der Waals surface area (Å²) in [5.74, 6) is 0. The van der Waals surface area contributed by atoms with Crippen LogP contribution in [0, 0.1) is 0 Å². The first-order valence-corrected chi connectivity index (χ1v) is 24.8. The van der Waals surface area contributed by atoms with Gasteiger partial charge in [-0.25, -0.2) is 0 Å². The lowest BCUT2D eigenvalue weighted by Crippen LogP contribution is -2.09. The van der Waals surface area contributed by atoms with Crippen molar-refractivity contribution in [2.75, 3.05) is 4.90 Å². The van der Waals surface area contributed by atoms with Crippen molar-refractivity contribution in [3.05, 3.63) is 279 Å². The molecule has 0 bridgehead atoms. The van der Waals surface area contributed by atoms with Gasteiger partial charge in [-0.2, -0.15) is 0 Å². The molecule has 2 heteroatoms. The molecule has 0 atom stereocenters. The molecule has 0 N–H and O–H groups in total. The zero-order valence-electron chi connectivity index (χ0n) is 39.5. The van der Waals surface area contributed by atoms with Crippen molar-refractivity contribution in [3.63, 3.8) is 0 Å². The SMILES string of the molecule is c1ccc2c(-c3ccc(-c4ccc(N(c5ccc(-c6ccc(-n7c8ccccc8c8ccccc87)cc6)cc5)c5ccc(-c6ccc7c8ccccc8c8ccccc8c7c6)cc5)cc4)cc3)cccc2c1. The van der Waals surface area contributed by atoms with Crippen LogP contribution in [0.25, 0.3) is 115 Å². The molecule has 14 rings (SSSR count). The van der Waals surface area contributed by atoms with E-state index in [-0.39, 0.29) is 0 Å². The number of hydrogen-bond donors (Lipinski definition) is 0. The molecule has 0 aliphatic carbocycles. The van der Waals surface area contributed by atoms with E-state index in [1.165, 1.54) is 109 Å². The van der Waals surface area contributed by atoms with Crippen LogP contribution in [-0.2, 0) is 0 Å². The highest BCUT2D eigenvalue weighted by atomic mass is 15.1. The van der Waals surface area contributed by atoms with Crippen molar-refractivity contribution in [2.24, 2.45) is 0 Å². The maximum atomic E-state index is 2.37. The van der Waals surface area contributed by atoms with Gasteiger partial charge in [0.15, 0.2) is 0 Å². The molecule has 0 saturated carbocycles. The minimum absolute atomic E-state index is 1.09. The summed E-state index contributed by atoms with van der Waals surface area (Å²) < 4.78 is 2.37. The van der Waals surface area contributed by atoms with Crippen LogP contribution in [0.4, 0.5) is 17.1 Å². The van der Waals surface area contributed by atoms with Gasteiger partial charge in [0.2, 0.25) is 0 Å². The number of para-hydroxylation sites is 2. The van der Waals surface area contributed by atoms with E-state index in [2.05, 4.69) is 289 Å². The Balaban J connectivity index is 0.810. The molecule has 0 amide bonds. The van der Waals surface area contributed by atoms with E-state index in [4.69, 9.17) is 0 Å². The van der Waals surface area contributed by atoms with Gasteiger partial charge in [-0.15, -0.1) is 0 Å². The zero-order valence-corrected chi connectivity index (χ0v) is 39.5. The lowest BCUT2D eigenvalue weighted by Gasteiger charge is -2.26. The van der Waals surface area contributed by atoms with Gasteiger partial charge >= 0.3 is 0 Å². The Bertz CT molecular complexity index is 4240. The Labute approximate surface area is 418 Å². The highest BCUT2D eigenvalue weighted by Crippen LogP contribution is 2.41. The summed E-state index contributed by atoms with van der Waals surface area (Å²) in [6.07, 6.45) is 0. The second-order valence-electron chi connectivity index (χ2n) is 18.8. The fourth-order valence-corrected chi connectivity index (χ4v) is 11.3. The molecule has 0 spiro atoms. The molecule has 2 nitrogen and oxygen atoms in total. The molecular formula is C70H46N2. The van der Waals surface area contributed by atoms with Crippen molar-refractivity contribution in [2.45, 2.75) is 0 Å². The third-order valence-electron chi connectivity index (χ3n) is 14.8. The summed E-state index contributed by atoms with van der Waals surface area (Å²) in [6, 6.07) is 102. The van der Waals surface area contributed by atoms with Gasteiger partial charge in [-0.3, -0.25) is 0 Å². The van der Waals surface area contributed by atoms with Crippen LogP contribution in [0.2, 0.25) is 0 Å². The highest BCUT2D eigenvalue weighted by Gasteiger charge is 2.17. The quantitative estimate of drug-likeness (QED) is 0.138. The standard InChI is InChI=1S/C70H46N2/c1-2-14-59-52(12-1)13-11-21-60(59)53-26-24-47(25-27-53)48-28-37-55(38-29-48)71(57-41-34-51(35-42-57)54-36-45-65-63-17-4-3-15-61(63)62-16-5-6-18-64(62)68(65)46-54)56-39-30-49(31-40-56)50-32-43-58(44-33-50)72-69-22-9-7-19-66(69)67-20-8-10-23-70(67)72/h1-46H.